The zero-order valence-electron chi connectivity index (χ0n) is 11.2. The Morgan fingerprint density at radius 1 is 1.23 bits per heavy atom. The number of hydrogen-bond donors (Lipinski definition) is 2. The molecule has 0 amide bonds. The third-order valence-electron chi connectivity index (χ3n) is 3.24. The first-order valence-electron chi connectivity index (χ1n) is 5.91. The first-order chi connectivity index (χ1) is 9.79. The molecule has 0 unspecified atom stereocenters. The molecule has 116 valence electrons. The van der Waals surface area contributed by atoms with Gasteiger partial charge in [-0.25, -0.2) is 4.98 Å². The number of aromatic nitrogens is 2. The maximum atomic E-state index is 11.9. The molecular formula is C13H11ClN2O5S. The molecule has 0 atom stereocenters. The average molecular weight is 343 g/mol. The molecule has 0 spiro atoms. The number of hydrogen-bond acceptors (Lipinski definition) is 5. The van der Waals surface area contributed by atoms with Crippen LogP contribution in [0.3, 0.4) is 0 Å². The van der Waals surface area contributed by atoms with Crippen molar-refractivity contribution in [2.75, 3.05) is 0 Å². The van der Waals surface area contributed by atoms with Crippen molar-refractivity contribution in [2.24, 2.45) is 0 Å². The Bertz CT molecular complexity index is 1060. The summed E-state index contributed by atoms with van der Waals surface area (Å²) in [5.74, 6) is 0. The van der Waals surface area contributed by atoms with Crippen molar-refractivity contribution in [1.29, 1.82) is 0 Å². The fourth-order valence-corrected chi connectivity index (χ4v) is 2.87. The molecule has 0 aliphatic rings. The molecule has 2 N–H and O–H groups in total. The molecule has 2 heterocycles. The quantitative estimate of drug-likeness (QED) is 0.396. The van der Waals surface area contributed by atoms with Crippen molar-refractivity contribution < 1.29 is 18.2 Å². The van der Waals surface area contributed by atoms with Gasteiger partial charge in [-0.05, 0) is 18.6 Å². The molecule has 0 radical (unpaired) electrons. The van der Waals surface area contributed by atoms with E-state index in [-0.39, 0.29) is 28.0 Å². The van der Waals surface area contributed by atoms with Crippen LogP contribution in [0.5, 0.6) is 0 Å². The number of rotatable bonds is 1. The van der Waals surface area contributed by atoms with Crippen molar-refractivity contribution in [3.63, 3.8) is 0 Å². The summed E-state index contributed by atoms with van der Waals surface area (Å²) in [7, 11) is -4.63. The molecule has 3 rings (SSSR count). The van der Waals surface area contributed by atoms with E-state index >= 15 is 0 Å². The number of para-hydroxylation sites is 1. The van der Waals surface area contributed by atoms with Gasteiger partial charge in [0.1, 0.15) is 4.90 Å². The van der Waals surface area contributed by atoms with Crippen LogP contribution in [0.25, 0.3) is 21.8 Å². The van der Waals surface area contributed by atoms with E-state index in [9.17, 15) is 23.0 Å². The lowest BCUT2D eigenvalue weighted by Crippen LogP contribution is -2.20. The van der Waals surface area contributed by atoms with E-state index in [1.54, 1.807) is 25.1 Å². The molecule has 3 aromatic rings. The summed E-state index contributed by atoms with van der Waals surface area (Å²) in [5.41, 5.74) is 0.330. The van der Waals surface area contributed by atoms with Crippen LogP contribution >= 0.6 is 12.4 Å². The largest absolute Gasteiger partial charge is 0.425 e. The van der Waals surface area contributed by atoms with Gasteiger partial charge in [0.25, 0.3) is 15.7 Å². The average Bonchev–Trinajstić information content (AvgIpc) is 2.41. The minimum absolute atomic E-state index is 0. The summed E-state index contributed by atoms with van der Waals surface area (Å²) < 4.78 is 32.2. The Kier molecular flexibility index (Phi) is 3.86. The molecule has 0 fully saturated rings. The lowest BCUT2D eigenvalue weighted by molar-refractivity contribution is 0.174. The van der Waals surface area contributed by atoms with Crippen LogP contribution in [0.2, 0.25) is 0 Å². The van der Waals surface area contributed by atoms with Crippen LogP contribution in [0.4, 0.5) is 0 Å². The van der Waals surface area contributed by atoms with E-state index in [1.807, 2.05) is 0 Å². The van der Waals surface area contributed by atoms with Crippen LogP contribution < -0.4 is 5.56 Å². The Balaban J connectivity index is 0.00000176. The second-order valence-corrected chi connectivity index (χ2v) is 6.04. The second kappa shape index (κ2) is 5.24. The SMILES string of the molecule is Cc1cccc2cc3c(=O)n(O)cc(S(=O)(=O)O)c3nc12.Cl. The van der Waals surface area contributed by atoms with E-state index in [2.05, 4.69) is 4.98 Å². The van der Waals surface area contributed by atoms with Gasteiger partial charge in [-0.3, -0.25) is 9.35 Å². The topological polar surface area (TPSA) is 109 Å². The monoisotopic (exact) mass is 342 g/mol. The van der Waals surface area contributed by atoms with E-state index < -0.39 is 20.6 Å². The highest BCUT2D eigenvalue weighted by atomic mass is 35.5. The highest BCUT2D eigenvalue weighted by Gasteiger charge is 2.20. The first-order valence-corrected chi connectivity index (χ1v) is 7.35. The molecule has 0 saturated heterocycles. The molecule has 22 heavy (non-hydrogen) atoms. The molecule has 9 heteroatoms. The highest BCUT2D eigenvalue weighted by Crippen LogP contribution is 2.24. The van der Waals surface area contributed by atoms with Crippen molar-refractivity contribution in [3.8, 4) is 0 Å². The van der Waals surface area contributed by atoms with Crippen molar-refractivity contribution >= 4 is 44.3 Å². The first kappa shape index (κ1) is 16.2. The molecule has 0 aliphatic carbocycles. The highest BCUT2D eigenvalue weighted by molar-refractivity contribution is 7.86. The molecule has 0 aliphatic heterocycles. The van der Waals surface area contributed by atoms with E-state index in [0.29, 0.717) is 17.1 Å². The number of pyridine rings is 2. The summed E-state index contributed by atoms with van der Waals surface area (Å²) in [6.07, 6.45) is 0.636. The summed E-state index contributed by atoms with van der Waals surface area (Å²) in [6.45, 7) is 1.79. The van der Waals surface area contributed by atoms with Crippen molar-refractivity contribution in [3.05, 3.63) is 46.4 Å². The molecule has 7 nitrogen and oxygen atoms in total. The van der Waals surface area contributed by atoms with Gasteiger partial charge in [0.2, 0.25) is 0 Å². The van der Waals surface area contributed by atoms with Gasteiger partial charge in [-0.1, -0.05) is 18.2 Å². The number of halogens is 1. The third kappa shape index (κ3) is 2.41. The number of fused-ring (bicyclic) bond motifs is 2. The standard InChI is InChI=1S/C13H10N2O5S.ClH/c1-7-3-2-4-8-5-9-12(14-11(7)8)10(21(18,19)20)6-15(17)13(9)16;/h2-6,17H,1H3,(H,18,19,20);1H. The maximum Gasteiger partial charge on any atom is 0.298 e. The minimum atomic E-state index is -4.63. The second-order valence-electron chi connectivity index (χ2n) is 4.65. The van der Waals surface area contributed by atoms with Gasteiger partial charge in [-0.2, -0.15) is 13.1 Å². The minimum Gasteiger partial charge on any atom is -0.425 e. The Hall–Kier alpha value is -2.16. The molecule has 2 aromatic heterocycles. The van der Waals surface area contributed by atoms with E-state index in [1.165, 1.54) is 6.07 Å². The Labute approximate surface area is 131 Å². The van der Waals surface area contributed by atoms with Crippen LogP contribution in [0.15, 0.2) is 40.2 Å². The van der Waals surface area contributed by atoms with Gasteiger partial charge < -0.3 is 5.21 Å². The summed E-state index contributed by atoms with van der Waals surface area (Å²) >= 11 is 0. The number of aryl methyl sites for hydroxylation is 1. The summed E-state index contributed by atoms with van der Waals surface area (Å²) in [6, 6.07) is 6.72. The van der Waals surface area contributed by atoms with Crippen LogP contribution in [0.1, 0.15) is 5.56 Å². The van der Waals surface area contributed by atoms with Crippen LogP contribution in [-0.2, 0) is 10.1 Å². The zero-order chi connectivity index (χ0) is 15.4. The third-order valence-corrected chi connectivity index (χ3v) is 4.09. The Morgan fingerprint density at radius 2 is 1.91 bits per heavy atom. The van der Waals surface area contributed by atoms with E-state index in [0.717, 1.165) is 5.56 Å². The fourth-order valence-electron chi connectivity index (χ4n) is 2.24. The molecular weight excluding hydrogens is 332 g/mol. The maximum absolute atomic E-state index is 11.9. The number of nitrogens with zero attached hydrogens (tertiary/aromatic N) is 2. The summed E-state index contributed by atoms with van der Waals surface area (Å²) in [5, 5.41) is 10.0. The van der Waals surface area contributed by atoms with Crippen LogP contribution in [-0.4, -0.2) is 27.9 Å². The Morgan fingerprint density at radius 3 is 2.55 bits per heavy atom. The summed E-state index contributed by atoms with van der Waals surface area (Å²) in [4.78, 5) is 15.5. The predicted octanol–water partition coefficient (Wildman–Crippen LogP) is 1.76. The smallest absolute Gasteiger partial charge is 0.298 e. The van der Waals surface area contributed by atoms with Gasteiger partial charge in [0, 0.05) is 5.39 Å². The normalized spacial score (nSPS) is 11.5. The van der Waals surface area contributed by atoms with E-state index in [4.69, 9.17) is 0 Å². The molecule has 0 bridgehead atoms. The molecule has 1 aromatic carbocycles. The lowest BCUT2D eigenvalue weighted by atomic mass is 10.1. The van der Waals surface area contributed by atoms with Crippen LogP contribution in [0, 0.1) is 6.92 Å². The fraction of sp³-hybridized carbons (Fsp3) is 0.0769. The van der Waals surface area contributed by atoms with Crippen molar-refractivity contribution in [1.82, 2.24) is 9.71 Å². The van der Waals surface area contributed by atoms with Gasteiger partial charge in [0.05, 0.1) is 22.6 Å². The van der Waals surface area contributed by atoms with Gasteiger partial charge >= 0.3 is 0 Å². The number of benzene rings is 1. The lowest BCUT2D eigenvalue weighted by Gasteiger charge is -2.08. The van der Waals surface area contributed by atoms with Gasteiger partial charge in [-0.15, -0.1) is 12.4 Å². The van der Waals surface area contributed by atoms with Gasteiger partial charge in [0.15, 0.2) is 0 Å². The van der Waals surface area contributed by atoms with Crippen molar-refractivity contribution in [2.45, 2.75) is 11.8 Å². The molecule has 0 saturated carbocycles. The zero-order valence-corrected chi connectivity index (χ0v) is 12.8. The predicted molar refractivity (Wildman–Crippen MR) is 82.5 cm³/mol.